The van der Waals surface area contributed by atoms with Crippen LogP contribution in [0.25, 0.3) is 0 Å². The Morgan fingerprint density at radius 3 is 2.78 bits per heavy atom. The van der Waals surface area contributed by atoms with Gasteiger partial charge in [-0.05, 0) is 19.8 Å². The van der Waals surface area contributed by atoms with Gasteiger partial charge < -0.3 is 15.4 Å². The van der Waals surface area contributed by atoms with Crippen molar-refractivity contribution in [3.05, 3.63) is 0 Å². The van der Waals surface area contributed by atoms with Crippen molar-refractivity contribution in [1.29, 1.82) is 0 Å². The molecule has 0 radical (unpaired) electrons. The molecule has 0 aliphatic carbocycles. The lowest BCUT2D eigenvalue weighted by atomic mass is 10.1. The SMILES string of the molecule is CNC(=O)CS(=O)(=O)CCNC(C)C1CCCO1. The molecular formula is C11H22N2O4S. The Hall–Kier alpha value is -0.660. The third-order valence-electron chi connectivity index (χ3n) is 3.03. The third-order valence-corrected chi connectivity index (χ3v) is 4.56. The highest BCUT2D eigenvalue weighted by atomic mass is 32.2. The molecule has 1 heterocycles. The van der Waals surface area contributed by atoms with Crippen molar-refractivity contribution in [3.8, 4) is 0 Å². The summed E-state index contributed by atoms with van der Waals surface area (Å²) in [7, 11) is -1.90. The highest BCUT2D eigenvalue weighted by Gasteiger charge is 2.22. The van der Waals surface area contributed by atoms with Gasteiger partial charge in [-0.15, -0.1) is 0 Å². The van der Waals surface area contributed by atoms with Crippen LogP contribution in [0.4, 0.5) is 0 Å². The van der Waals surface area contributed by atoms with Gasteiger partial charge in [0.2, 0.25) is 5.91 Å². The van der Waals surface area contributed by atoms with Crippen molar-refractivity contribution in [3.63, 3.8) is 0 Å². The number of rotatable bonds is 7. The number of carbonyl (C=O) groups is 1. The Kier molecular flexibility index (Phi) is 6.04. The highest BCUT2D eigenvalue weighted by Crippen LogP contribution is 2.15. The van der Waals surface area contributed by atoms with Crippen LogP contribution in [0.5, 0.6) is 0 Å². The van der Waals surface area contributed by atoms with Crippen LogP contribution >= 0.6 is 0 Å². The summed E-state index contributed by atoms with van der Waals surface area (Å²) in [4.78, 5) is 11.0. The van der Waals surface area contributed by atoms with Crippen LogP contribution in [0.1, 0.15) is 19.8 Å². The maximum atomic E-state index is 11.6. The summed E-state index contributed by atoms with van der Waals surface area (Å²) in [6.07, 6.45) is 2.25. The normalized spacial score (nSPS) is 21.8. The molecule has 2 unspecified atom stereocenters. The van der Waals surface area contributed by atoms with Crippen molar-refractivity contribution in [1.82, 2.24) is 10.6 Å². The summed E-state index contributed by atoms with van der Waals surface area (Å²) in [6.45, 7) is 3.12. The van der Waals surface area contributed by atoms with Gasteiger partial charge in [0.25, 0.3) is 0 Å². The van der Waals surface area contributed by atoms with E-state index in [-0.39, 0.29) is 17.9 Å². The molecule has 1 rings (SSSR count). The van der Waals surface area contributed by atoms with Gasteiger partial charge in [-0.25, -0.2) is 8.42 Å². The van der Waals surface area contributed by atoms with Crippen molar-refractivity contribution in [2.75, 3.05) is 31.7 Å². The predicted octanol–water partition coefficient (Wildman–Crippen LogP) is -0.696. The lowest BCUT2D eigenvalue weighted by molar-refractivity contribution is -0.118. The van der Waals surface area contributed by atoms with E-state index < -0.39 is 21.5 Å². The molecule has 0 aromatic heterocycles. The second kappa shape index (κ2) is 7.06. The summed E-state index contributed by atoms with van der Waals surface area (Å²) in [6, 6.07) is 0.141. The Morgan fingerprint density at radius 1 is 1.50 bits per heavy atom. The van der Waals surface area contributed by atoms with Crippen LogP contribution in [0.15, 0.2) is 0 Å². The zero-order valence-corrected chi connectivity index (χ0v) is 11.8. The van der Waals surface area contributed by atoms with E-state index in [0.29, 0.717) is 6.54 Å². The molecule has 0 aromatic rings. The molecule has 18 heavy (non-hydrogen) atoms. The lowest BCUT2D eigenvalue weighted by Crippen LogP contribution is -2.40. The minimum absolute atomic E-state index is 0.0303. The maximum Gasteiger partial charge on any atom is 0.234 e. The fourth-order valence-corrected chi connectivity index (χ4v) is 3.03. The van der Waals surface area contributed by atoms with Crippen molar-refractivity contribution in [2.24, 2.45) is 0 Å². The van der Waals surface area contributed by atoms with Crippen molar-refractivity contribution < 1.29 is 17.9 Å². The maximum absolute atomic E-state index is 11.6. The standard InChI is InChI=1S/C11H22N2O4S/c1-9(10-4-3-6-17-10)13-5-7-18(15,16)8-11(14)12-2/h9-10,13H,3-8H2,1-2H3,(H,12,14). The average molecular weight is 278 g/mol. The Balaban J connectivity index is 2.25. The molecule has 106 valence electrons. The molecule has 7 heteroatoms. The highest BCUT2D eigenvalue weighted by molar-refractivity contribution is 7.92. The summed E-state index contributed by atoms with van der Waals surface area (Å²) >= 11 is 0. The minimum Gasteiger partial charge on any atom is -0.377 e. The topological polar surface area (TPSA) is 84.5 Å². The fraction of sp³-hybridized carbons (Fsp3) is 0.909. The van der Waals surface area contributed by atoms with Gasteiger partial charge in [0, 0.05) is 26.2 Å². The average Bonchev–Trinajstić information content (AvgIpc) is 2.81. The number of nitrogens with one attached hydrogen (secondary N) is 2. The molecule has 2 N–H and O–H groups in total. The Bertz CT molecular complexity index is 363. The zero-order valence-electron chi connectivity index (χ0n) is 10.9. The second-order valence-electron chi connectivity index (χ2n) is 4.56. The number of hydrogen-bond acceptors (Lipinski definition) is 5. The Labute approximate surface area is 108 Å². The van der Waals surface area contributed by atoms with Crippen LogP contribution in [0.3, 0.4) is 0 Å². The van der Waals surface area contributed by atoms with E-state index in [2.05, 4.69) is 10.6 Å². The second-order valence-corrected chi connectivity index (χ2v) is 6.74. The van der Waals surface area contributed by atoms with Crippen LogP contribution in [-0.2, 0) is 19.4 Å². The minimum atomic E-state index is -3.33. The van der Waals surface area contributed by atoms with Gasteiger partial charge in [0.15, 0.2) is 9.84 Å². The zero-order chi connectivity index (χ0) is 13.6. The molecule has 0 bridgehead atoms. The van der Waals surface area contributed by atoms with E-state index >= 15 is 0 Å². The van der Waals surface area contributed by atoms with E-state index in [1.165, 1.54) is 7.05 Å². The molecule has 1 fully saturated rings. The summed E-state index contributed by atoms with van der Waals surface area (Å²) in [5.74, 6) is -0.945. The number of hydrogen-bond donors (Lipinski definition) is 2. The van der Waals surface area contributed by atoms with E-state index in [1.807, 2.05) is 6.92 Å². The lowest BCUT2D eigenvalue weighted by Gasteiger charge is -2.19. The summed E-state index contributed by atoms with van der Waals surface area (Å²) < 4.78 is 28.6. The number of sulfone groups is 1. The van der Waals surface area contributed by atoms with Crippen LogP contribution in [-0.4, -0.2) is 58.2 Å². The van der Waals surface area contributed by atoms with E-state index in [9.17, 15) is 13.2 Å². The molecule has 2 atom stereocenters. The van der Waals surface area contributed by atoms with Crippen LogP contribution in [0, 0.1) is 0 Å². The first-order valence-electron chi connectivity index (χ1n) is 6.20. The fourth-order valence-electron chi connectivity index (χ4n) is 1.91. The third kappa shape index (κ3) is 5.32. The van der Waals surface area contributed by atoms with Gasteiger partial charge in [0.05, 0.1) is 11.9 Å². The molecular weight excluding hydrogens is 256 g/mol. The van der Waals surface area contributed by atoms with Gasteiger partial charge in [-0.3, -0.25) is 4.79 Å². The van der Waals surface area contributed by atoms with Gasteiger partial charge in [0.1, 0.15) is 5.75 Å². The molecule has 1 saturated heterocycles. The van der Waals surface area contributed by atoms with E-state index in [1.54, 1.807) is 0 Å². The van der Waals surface area contributed by atoms with Gasteiger partial charge >= 0.3 is 0 Å². The first kappa shape index (κ1) is 15.4. The molecule has 0 aromatic carbocycles. The summed E-state index contributed by atoms with van der Waals surface area (Å²) in [5, 5.41) is 5.44. The Morgan fingerprint density at radius 2 is 2.22 bits per heavy atom. The first-order chi connectivity index (χ1) is 8.44. The first-order valence-corrected chi connectivity index (χ1v) is 8.03. The molecule has 1 amide bonds. The van der Waals surface area contributed by atoms with Gasteiger partial charge in [-0.2, -0.15) is 0 Å². The van der Waals surface area contributed by atoms with E-state index in [4.69, 9.17) is 4.74 Å². The molecule has 0 saturated carbocycles. The monoisotopic (exact) mass is 278 g/mol. The van der Waals surface area contributed by atoms with Gasteiger partial charge in [-0.1, -0.05) is 0 Å². The summed E-state index contributed by atoms with van der Waals surface area (Å²) in [5.41, 5.74) is 0. The number of carbonyl (C=O) groups excluding carboxylic acids is 1. The molecule has 0 spiro atoms. The predicted molar refractivity (Wildman–Crippen MR) is 69.2 cm³/mol. The molecule has 1 aliphatic heterocycles. The quantitative estimate of drug-likeness (QED) is 0.643. The number of ether oxygens (including phenoxy) is 1. The van der Waals surface area contributed by atoms with E-state index in [0.717, 1.165) is 19.4 Å². The van der Waals surface area contributed by atoms with Crippen LogP contribution < -0.4 is 10.6 Å². The van der Waals surface area contributed by atoms with Crippen LogP contribution in [0.2, 0.25) is 0 Å². The smallest absolute Gasteiger partial charge is 0.234 e. The molecule has 6 nitrogen and oxygen atoms in total. The van der Waals surface area contributed by atoms with Crippen molar-refractivity contribution >= 4 is 15.7 Å². The molecule has 1 aliphatic rings. The largest absolute Gasteiger partial charge is 0.377 e. The van der Waals surface area contributed by atoms with Crippen molar-refractivity contribution in [2.45, 2.75) is 31.9 Å². The number of amides is 1.